The molecule has 0 aliphatic heterocycles. The molecule has 18 heavy (non-hydrogen) atoms. The maximum absolute atomic E-state index is 5.39. The van der Waals surface area contributed by atoms with E-state index in [9.17, 15) is 0 Å². The van der Waals surface area contributed by atoms with E-state index >= 15 is 0 Å². The van der Waals surface area contributed by atoms with Crippen LogP contribution in [0.5, 0.6) is 6.01 Å². The molecule has 4 N–H and O–H groups in total. The van der Waals surface area contributed by atoms with Crippen LogP contribution >= 0.6 is 0 Å². The first-order valence-electron chi connectivity index (χ1n) is 6.41. The first-order chi connectivity index (χ1) is 8.81. The Bertz CT molecular complexity index is 382. The lowest BCUT2D eigenvalue weighted by atomic mass is 9.85. The molecule has 0 spiro atoms. The molecule has 2 rings (SSSR count). The Morgan fingerprint density at radius 3 is 2.67 bits per heavy atom. The molecule has 7 heteroatoms. The van der Waals surface area contributed by atoms with Crippen molar-refractivity contribution >= 4 is 11.9 Å². The van der Waals surface area contributed by atoms with Gasteiger partial charge in [0.25, 0.3) is 0 Å². The SMILES string of the molecule is CCCOc1nc(NN)nc(NCC2CCC2)n1. The van der Waals surface area contributed by atoms with Gasteiger partial charge in [-0.1, -0.05) is 13.3 Å². The summed E-state index contributed by atoms with van der Waals surface area (Å²) in [5.41, 5.74) is 2.42. The molecule has 1 saturated carbocycles. The largest absolute Gasteiger partial charge is 0.463 e. The second kappa shape index (κ2) is 6.34. The molecule has 1 aromatic heterocycles. The minimum Gasteiger partial charge on any atom is -0.463 e. The highest BCUT2D eigenvalue weighted by Gasteiger charge is 2.17. The molecule has 0 bridgehead atoms. The summed E-state index contributed by atoms with van der Waals surface area (Å²) in [6, 6.07) is 0.302. The molecular formula is C11H20N6O. The zero-order valence-corrected chi connectivity index (χ0v) is 10.6. The van der Waals surface area contributed by atoms with Crippen LogP contribution in [0.25, 0.3) is 0 Å². The van der Waals surface area contributed by atoms with Crippen LogP contribution in [0.3, 0.4) is 0 Å². The molecule has 7 nitrogen and oxygen atoms in total. The number of nitrogens with two attached hydrogens (primary N) is 1. The second-order valence-electron chi connectivity index (χ2n) is 4.44. The van der Waals surface area contributed by atoms with Crippen molar-refractivity contribution in [3.8, 4) is 6.01 Å². The van der Waals surface area contributed by atoms with Crippen molar-refractivity contribution in [1.82, 2.24) is 15.0 Å². The fraction of sp³-hybridized carbons (Fsp3) is 0.727. The standard InChI is InChI=1S/C11H20N6O/c1-2-6-18-11-15-9(14-10(16-11)17-12)13-7-8-4-3-5-8/h8H,2-7,12H2,1H3,(H2,13,14,15,16,17). The monoisotopic (exact) mass is 252 g/mol. The van der Waals surface area contributed by atoms with E-state index in [-0.39, 0.29) is 0 Å². The van der Waals surface area contributed by atoms with Crippen LogP contribution < -0.4 is 21.3 Å². The number of hydrogen-bond acceptors (Lipinski definition) is 7. The van der Waals surface area contributed by atoms with Crippen LogP contribution in [0.15, 0.2) is 0 Å². The molecule has 0 aromatic carbocycles. The zero-order chi connectivity index (χ0) is 12.8. The number of nitrogens with one attached hydrogen (secondary N) is 2. The normalized spacial score (nSPS) is 15.0. The van der Waals surface area contributed by atoms with E-state index in [4.69, 9.17) is 10.6 Å². The Balaban J connectivity index is 1.97. The molecule has 0 amide bonds. The van der Waals surface area contributed by atoms with Gasteiger partial charge in [0.05, 0.1) is 6.61 Å². The van der Waals surface area contributed by atoms with E-state index in [1.54, 1.807) is 0 Å². The van der Waals surface area contributed by atoms with Crippen LogP contribution in [-0.2, 0) is 0 Å². The molecule has 0 saturated heterocycles. The predicted octanol–water partition coefficient (Wildman–Crippen LogP) is 1.16. The van der Waals surface area contributed by atoms with Gasteiger partial charge in [-0.05, 0) is 25.2 Å². The maximum Gasteiger partial charge on any atom is 0.323 e. The van der Waals surface area contributed by atoms with Gasteiger partial charge in [0.2, 0.25) is 11.9 Å². The Morgan fingerprint density at radius 1 is 1.28 bits per heavy atom. The highest BCUT2D eigenvalue weighted by molar-refractivity contribution is 5.34. The number of rotatable bonds is 7. The number of aromatic nitrogens is 3. The number of nitrogen functional groups attached to an aromatic ring is 1. The molecule has 0 radical (unpaired) electrons. The number of anilines is 2. The number of hydrazine groups is 1. The number of ether oxygens (including phenoxy) is 1. The van der Waals surface area contributed by atoms with Gasteiger partial charge >= 0.3 is 6.01 Å². The van der Waals surface area contributed by atoms with Crippen LogP contribution in [0, 0.1) is 5.92 Å². The minimum absolute atomic E-state index is 0.302. The van der Waals surface area contributed by atoms with Crippen molar-refractivity contribution in [3.63, 3.8) is 0 Å². The summed E-state index contributed by atoms with van der Waals surface area (Å²) in [6.07, 6.45) is 4.78. The van der Waals surface area contributed by atoms with Crippen molar-refractivity contribution < 1.29 is 4.74 Å². The van der Waals surface area contributed by atoms with Crippen LogP contribution in [0.1, 0.15) is 32.6 Å². The summed E-state index contributed by atoms with van der Waals surface area (Å²) in [5.74, 6) is 6.88. The average Bonchev–Trinajstić information content (AvgIpc) is 2.34. The molecular weight excluding hydrogens is 232 g/mol. The predicted molar refractivity (Wildman–Crippen MR) is 69.3 cm³/mol. The highest BCUT2D eigenvalue weighted by Crippen LogP contribution is 2.26. The third-order valence-electron chi connectivity index (χ3n) is 2.95. The Hall–Kier alpha value is -1.63. The molecule has 1 aliphatic rings. The van der Waals surface area contributed by atoms with Crippen LogP contribution in [0.4, 0.5) is 11.9 Å². The lowest BCUT2D eigenvalue weighted by molar-refractivity contribution is 0.292. The summed E-state index contributed by atoms with van der Waals surface area (Å²) >= 11 is 0. The summed E-state index contributed by atoms with van der Waals surface area (Å²) in [7, 11) is 0. The number of hydrogen-bond donors (Lipinski definition) is 3. The molecule has 0 unspecified atom stereocenters. The molecule has 1 aromatic rings. The van der Waals surface area contributed by atoms with E-state index in [2.05, 4.69) is 25.7 Å². The Labute approximate surface area is 107 Å². The van der Waals surface area contributed by atoms with E-state index in [0.29, 0.717) is 24.5 Å². The third kappa shape index (κ3) is 3.43. The summed E-state index contributed by atoms with van der Waals surface area (Å²) < 4.78 is 5.39. The molecule has 1 heterocycles. The second-order valence-corrected chi connectivity index (χ2v) is 4.44. The lowest BCUT2D eigenvalue weighted by Crippen LogP contribution is -2.22. The minimum atomic E-state index is 0.302. The third-order valence-corrected chi connectivity index (χ3v) is 2.95. The van der Waals surface area contributed by atoms with Crippen LogP contribution in [-0.4, -0.2) is 28.1 Å². The van der Waals surface area contributed by atoms with Crippen molar-refractivity contribution in [2.75, 3.05) is 23.9 Å². The van der Waals surface area contributed by atoms with Gasteiger partial charge in [-0.2, -0.15) is 15.0 Å². The van der Waals surface area contributed by atoms with Crippen LogP contribution in [0.2, 0.25) is 0 Å². The van der Waals surface area contributed by atoms with Gasteiger partial charge < -0.3 is 10.1 Å². The van der Waals surface area contributed by atoms with E-state index < -0.39 is 0 Å². The van der Waals surface area contributed by atoms with Gasteiger partial charge in [0.15, 0.2) is 0 Å². The average molecular weight is 252 g/mol. The summed E-state index contributed by atoms with van der Waals surface area (Å²) in [6.45, 7) is 3.50. The Kier molecular flexibility index (Phi) is 4.52. The summed E-state index contributed by atoms with van der Waals surface area (Å²) in [4.78, 5) is 12.4. The van der Waals surface area contributed by atoms with Gasteiger partial charge in [-0.3, -0.25) is 5.43 Å². The van der Waals surface area contributed by atoms with Crippen molar-refractivity contribution in [3.05, 3.63) is 0 Å². The fourth-order valence-corrected chi connectivity index (χ4v) is 1.69. The van der Waals surface area contributed by atoms with Gasteiger partial charge in [0, 0.05) is 6.54 Å². The fourth-order valence-electron chi connectivity index (χ4n) is 1.69. The van der Waals surface area contributed by atoms with E-state index in [1.165, 1.54) is 19.3 Å². The first kappa shape index (κ1) is 12.8. The van der Waals surface area contributed by atoms with Gasteiger partial charge in [-0.15, -0.1) is 0 Å². The van der Waals surface area contributed by atoms with Crippen molar-refractivity contribution in [1.29, 1.82) is 0 Å². The van der Waals surface area contributed by atoms with E-state index in [1.807, 2.05) is 6.92 Å². The molecule has 1 fully saturated rings. The lowest BCUT2D eigenvalue weighted by Gasteiger charge is -2.25. The molecule has 1 aliphatic carbocycles. The Morgan fingerprint density at radius 2 is 2.06 bits per heavy atom. The quantitative estimate of drug-likeness (QED) is 0.494. The van der Waals surface area contributed by atoms with Crippen molar-refractivity contribution in [2.45, 2.75) is 32.6 Å². The highest BCUT2D eigenvalue weighted by atomic mass is 16.5. The van der Waals surface area contributed by atoms with E-state index in [0.717, 1.165) is 18.9 Å². The maximum atomic E-state index is 5.39. The zero-order valence-electron chi connectivity index (χ0n) is 10.6. The van der Waals surface area contributed by atoms with Gasteiger partial charge in [0.1, 0.15) is 0 Å². The topological polar surface area (TPSA) is 98.0 Å². The van der Waals surface area contributed by atoms with Crippen molar-refractivity contribution in [2.24, 2.45) is 11.8 Å². The summed E-state index contributed by atoms with van der Waals surface area (Å²) in [5, 5.41) is 3.20. The first-order valence-corrected chi connectivity index (χ1v) is 6.41. The number of nitrogens with zero attached hydrogens (tertiary/aromatic N) is 3. The molecule has 100 valence electrons. The molecule has 0 atom stereocenters. The smallest absolute Gasteiger partial charge is 0.323 e. The van der Waals surface area contributed by atoms with Gasteiger partial charge in [-0.25, -0.2) is 5.84 Å².